The molecule has 17 heavy (non-hydrogen) atoms. The lowest BCUT2D eigenvalue weighted by Gasteiger charge is -2.09. The summed E-state index contributed by atoms with van der Waals surface area (Å²) in [6.07, 6.45) is 1.14. The first kappa shape index (κ1) is 14.5. The zero-order valence-electron chi connectivity index (χ0n) is 11.0. The van der Waals surface area contributed by atoms with Crippen molar-refractivity contribution >= 4 is 11.6 Å². The number of hydrogen-bond donors (Lipinski definition) is 2. The van der Waals surface area contributed by atoms with Gasteiger partial charge in [0.25, 0.3) is 0 Å². The monoisotopic (exact) mass is 254 g/mol. The van der Waals surface area contributed by atoms with Gasteiger partial charge in [-0.2, -0.15) is 0 Å². The summed E-state index contributed by atoms with van der Waals surface area (Å²) in [4.78, 5) is 0. The fraction of sp³-hybridized carbons (Fsp3) is 0.571. The standard InChI is InChI=1S/C14H23ClN2/c1-11(2)17-8-4-7-16-10-13-6-5-12(3)9-14(13)15/h5-6,9,11,16-17H,4,7-8,10H2,1-3H3. The smallest absolute Gasteiger partial charge is 0.0453 e. The van der Waals surface area contributed by atoms with E-state index < -0.39 is 0 Å². The average molecular weight is 255 g/mol. The Bertz CT molecular complexity index is 337. The van der Waals surface area contributed by atoms with Crippen LogP contribution in [0.3, 0.4) is 0 Å². The Morgan fingerprint density at radius 1 is 1.24 bits per heavy atom. The molecule has 96 valence electrons. The highest BCUT2D eigenvalue weighted by Gasteiger charge is 1.99. The summed E-state index contributed by atoms with van der Waals surface area (Å²) in [5.74, 6) is 0. The maximum Gasteiger partial charge on any atom is 0.0453 e. The maximum atomic E-state index is 6.16. The highest BCUT2D eigenvalue weighted by Crippen LogP contribution is 2.17. The SMILES string of the molecule is Cc1ccc(CNCCCNC(C)C)c(Cl)c1. The molecule has 3 heteroatoms. The van der Waals surface area contributed by atoms with Gasteiger partial charge in [-0.25, -0.2) is 0 Å². The van der Waals surface area contributed by atoms with Crippen molar-refractivity contribution in [3.05, 3.63) is 34.3 Å². The van der Waals surface area contributed by atoms with Crippen LogP contribution in [-0.2, 0) is 6.54 Å². The molecular weight excluding hydrogens is 232 g/mol. The van der Waals surface area contributed by atoms with Crippen LogP contribution >= 0.6 is 11.6 Å². The molecule has 0 radical (unpaired) electrons. The van der Waals surface area contributed by atoms with Gasteiger partial charge >= 0.3 is 0 Å². The molecule has 0 aliphatic rings. The van der Waals surface area contributed by atoms with Crippen molar-refractivity contribution in [2.45, 2.75) is 39.8 Å². The fourth-order valence-corrected chi connectivity index (χ4v) is 1.92. The molecule has 0 aliphatic heterocycles. The minimum atomic E-state index is 0.571. The molecule has 0 heterocycles. The first-order valence-electron chi connectivity index (χ1n) is 6.28. The van der Waals surface area contributed by atoms with Gasteiger partial charge in [0, 0.05) is 17.6 Å². The molecule has 1 rings (SSSR count). The van der Waals surface area contributed by atoms with Crippen LogP contribution in [-0.4, -0.2) is 19.1 Å². The van der Waals surface area contributed by atoms with E-state index in [-0.39, 0.29) is 0 Å². The fourth-order valence-electron chi connectivity index (χ4n) is 1.62. The van der Waals surface area contributed by atoms with E-state index in [2.05, 4.69) is 43.5 Å². The lowest BCUT2D eigenvalue weighted by Crippen LogP contribution is -2.26. The lowest BCUT2D eigenvalue weighted by molar-refractivity contribution is 0.547. The first-order valence-corrected chi connectivity index (χ1v) is 6.66. The summed E-state index contributed by atoms with van der Waals surface area (Å²) in [6, 6.07) is 6.78. The normalized spacial score (nSPS) is 11.1. The number of rotatable bonds is 7. The number of halogens is 1. The van der Waals surface area contributed by atoms with Crippen LogP contribution in [0.4, 0.5) is 0 Å². The van der Waals surface area contributed by atoms with Crippen molar-refractivity contribution < 1.29 is 0 Å². The highest BCUT2D eigenvalue weighted by molar-refractivity contribution is 6.31. The van der Waals surface area contributed by atoms with Crippen LogP contribution in [0.5, 0.6) is 0 Å². The molecule has 0 saturated carbocycles. The molecule has 0 saturated heterocycles. The van der Waals surface area contributed by atoms with Crippen LogP contribution in [0.25, 0.3) is 0 Å². The van der Waals surface area contributed by atoms with Gasteiger partial charge in [-0.05, 0) is 43.6 Å². The average Bonchev–Trinajstić information content (AvgIpc) is 2.25. The van der Waals surface area contributed by atoms with E-state index in [1.807, 2.05) is 6.07 Å². The van der Waals surface area contributed by atoms with Gasteiger partial charge in [-0.1, -0.05) is 37.6 Å². The minimum absolute atomic E-state index is 0.571. The molecule has 2 N–H and O–H groups in total. The molecule has 2 nitrogen and oxygen atoms in total. The summed E-state index contributed by atoms with van der Waals surface area (Å²) in [5, 5.41) is 7.67. The molecule has 1 aromatic carbocycles. The summed E-state index contributed by atoms with van der Waals surface area (Å²) in [7, 11) is 0. The Hall–Kier alpha value is -0.570. The van der Waals surface area contributed by atoms with Crippen molar-refractivity contribution in [3.8, 4) is 0 Å². The zero-order chi connectivity index (χ0) is 12.7. The Morgan fingerprint density at radius 2 is 2.00 bits per heavy atom. The van der Waals surface area contributed by atoms with Gasteiger partial charge in [0.15, 0.2) is 0 Å². The van der Waals surface area contributed by atoms with Crippen LogP contribution in [0, 0.1) is 6.92 Å². The van der Waals surface area contributed by atoms with E-state index in [9.17, 15) is 0 Å². The molecule has 0 bridgehead atoms. The number of hydrogen-bond acceptors (Lipinski definition) is 2. The summed E-state index contributed by atoms with van der Waals surface area (Å²) >= 11 is 6.16. The van der Waals surface area contributed by atoms with Gasteiger partial charge < -0.3 is 10.6 Å². The molecule has 0 aromatic heterocycles. The van der Waals surface area contributed by atoms with Crippen molar-refractivity contribution in [1.82, 2.24) is 10.6 Å². The molecule has 0 unspecified atom stereocenters. The minimum Gasteiger partial charge on any atom is -0.314 e. The van der Waals surface area contributed by atoms with E-state index in [4.69, 9.17) is 11.6 Å². The number of nitrogens with one attached hydrogen (secondary N) is 2. The Balaban J connectivity index is 2.18. The highest BCUT2D eigenvalue weighted by atomic mass is 35.5. The second-order valence-electron chi connectivity index (χ2n) is 4.73. The van der Waals surface area contributed by atoms with Crippen LogP contribution in [0.2, 0.25) is 5.02 Å². The maximum absolute atomic E-state index is 6.16. The summed E-state index contributed by atoms with van der Waals surface area (Å²) in [5.41, 5.74) is 2.38. The second-order valence-corrected chi connectivity index (χ2v) is 5.14. The van der Waals surface area contributed by atoms with Gasteiger partial charge in [0.1, 0.15) is 0 Å². The first-order chi connectivity index (χ1) is 8.09. The molecule has 0 amide bonds. The molecule has 0 aliphatic carbocycles. The molecule has 1 aromatic rings. The van der Waals surface area contributed by atoms with Crippen molar-refractivity contribution in [3.63, 3.8) is 0 Å². The van der Waals surface area contributed by atoms with Gasteiger partial charge in [-0.15, -0.1) is 0 Å². The van der Waals surface area contributed by atoms with Crippen molar-refractivity contribution in [1.29, 1.82) is 0 Å². The third-order valence-corrected chi connectivity index (χ3v) is 2.96. The third kappa shape index (κ3) is 6.06. The largest absolute Gasteiger partial charge is 0.314 e. The van der Waals surface area contributed by atoms with Gasteiger partial charge in [-0.3, -0.25) is 0 Å². The van der Waals surface area contributed by atoms with E-state index in [0.29, 0.717) is 6.04 Å². The summed E-state index contributed by atoms with van der Waals surface area (Å²) < 4.78 is 0. The van der Waals surface area contributed by atoms with Crippen molar-refractivity contribution in [2.75, 3.05) is 13.1 Å². The summed E-state index contributed by atoms with van der Waals surface area (Å²) in [6.45, 7) is 9.32. The number of benzene rings is 1. The van der Waals surface area contributed by atoms with Crippen LogP contribution < -0.4 is 10.6 Å². The molecule has 0 atom stereocenters. The Labute approximate surface area is 110 Å². The Kier molecular flexibility index (Phi) is 6.56. The third-order valence-electron chi connectivity index (χ3n) is 2.61. The van der Waals surface area contributed by atoms with Crippen LogP contribution in [0.15, 0.2) is 18.2 Å². The van der Waals surface area contributed by atoms with Crippen molar-refractivity contribution in [2.24, 2.45) is 0 Å². The Morgan fingerprint density at radius 3 is 2.65 bits per heavy atom. The van der Waals surface area contributed by atoms with Crippen LogP contribution in [0.1, 0.15) is 31.4 Å². The second kappa shape index (κ2) is 7.70. The van der Waals surface area contributed by atoms with Gasteiger partial charge in [0.2, 0.25) is 0 Å². The molecule has 0 fully saturated rings. The topological polar surface area (TPSA) is 24.1 Å². The predicted octanol–water partition coefficient (Wildman–Crippen LogP) is 3.13. The zero-order valence-corrected chi connectivity index (χ0v) is 11.8. The van der Waals surface area contributed by atoms with E-state index in [1.54, 1.807) is 0 Å². The predicted molar refractivity (Wildman–Crippen MR) is 75.7 cm³/mol. The van der Waals surface area contributed by atoms with E-state index in [0.717, 1.165) is 31.1 Å². The van der Waals surface area contributed by atoms with E-state index >= 15 is 0 Å². The number of aryl methyl sites for hydroxylation is 1. The molecular formula is C14H23ClN2. The lowest BCUT2D eigenvalue weighted by atomic mass is 10.1. The quantitative estimate of drug-likeness (QED) is 0.731. The van der Waals surface area contributed by atoms with Gasteiger partial charge in [0.05, 0.1) is 0 Å². The van der Waals surface area contributed by atoms with E-state index in [1.165, 1.54) is 11.1 Å². The molecule has 0 spiro atoms.